The molecular formula is C44H50Cl2SZr. The van der Waals surface area contributed by atoms with Gasteiger partial charge in [0.25, 0.3) is 0 Å². The van der Waals surface area contributed by atoms with E-state index >= 15 is 0 Å². The second-order valence-electron chi connectivity index (χ2n) is 15.4. The molecule has 0 nitrogen and oxygen atoms in total. The number of hydrogen-bond acceptors (Lipinski definition) is 1. The van der Waals surface area contributed by atoms with Crippen LogP contribution in [0.5, 0.6) is 0 Å². The summed E-state index contributed by atoms with van der Waals surface area (Å²) in [4.78, 5) is 0. The van der Waals surface area contributed by atoms with Crippen molar-refractivity contribution in [2.75, 3.05) is 0 Å². The average molecular weight is 773 g/mol. The molecule has 0 amide bonds. The Kier molecular flexibility index (Phi) is 10.2. The van der Waals surface area contributed by atoms with Crippen LogP contribution in [0.1, 0.15) is 129 Å². The van der Waals surface area contributed by atoms with Crippen LogP contribution >= 0.6 is 11.3 Å². The maximum Gasteiger partial charge on any atom is -1.00 e. The van der Waals surface area contributed by atoms with E-state index in [2.05, 4.69) is 115 Å². The third-order valence-electron chi connectivity index (χ3n) is 13.5. The van der Waals surface area contributed by atoms with Crippen LogP contribution in [0, 0.1) is 32.6 Å². The minimum absolute atomic E-state index is 0. The summed E-state index contributed by atoms with van der Waals surface area (Å²) in [6, 6.07) is 14.5. The average Bonchev–Trinajstić information content (AvgIpc) is 3.82. The van der Waals surface area contributed by atoms with E-state index in [4.69, 9.17) is 0 Å². The third-order valence-corrected chi connectivity index (χ3v) is 24.1. The Morgan fingerprint density at radius 1 is 0.833 bits per heavy atom. The molecule has 5 atom stereocenters. The van der Waals surface area contributed by atoms with E-state index in [9.17, 15) is 0 Å². The van der Waals surface area contributed by atoms with Crippen LogP contribution in [0.15, 0.2) is 62.6 Å². The summed E-state index contributed by atoms with van der Waals surface area (Å²) >= 11 is -0.678. The molecule has 4 aromatic rings. The molecule has 1 fully saturated rings. The zero-order valence-electron chi connectivity index (χ0n) is 30.0. The molecule has 0 aliphatic heterocycles. The fourth-order valence-corrected chi connectivity index (χ4v) is 22.8. The molecule has 1 heterocycles. The number of aryl methyl sites for hydroxylation is 1. The van der Waals surface area contributed by atoms with Crippen LogP contribution in [0.3, 0.4) is 0 Å². The van der Waals surface area contributed by atoms with Crippen LogP contribution in [0.4, 0.5) is 0 Å². The summed E-state index contributed by atoms with van der Waals surface area (Å²) in [7, 11) is 0. The van der Waals surface area contributed by atoms with Gasteiger partial charge >= 0.3 is 291 Å². The SMILES string of the molecule is Cc1cc2c(c(C)c1C)C(C)c1c3c(c4ccccc4c1-2)C(C)C(C)C(C)[C]3(C)[Zr+2]([C]1=C(c2ccsc2)C=CC1)=[C]1CCCCC1.[Cl-].[Cl-]. The monoisotopic (exact) mass is 770 g/mol. The molecule has 1 saturated carbocycles. The maximum absolute atomic E-state index is 2.83. The smallest absolute Gasteiger partial charge is 1.00 e. The van der Waals surface area contributed by atoms with Gasteiger partial charge in [-0.05, 0) is 0 Å². The van der Waals surface area contributed by atoms with Crippen molar-refractivity contribution in [3.63, 3.8) is 0 Å². The number of rotatable bonds is 3. The van der Waals surface area contributed by atoms with E-state index < -0.39 is 21.3 Å². The molecule has 4 heteroatoms. The van der Waals surface area contributed by atoms with E-state index in [1.165, 1.54) is 77.1 Å². The van der Waals surface area contributed by atoms with Crippen molar-refractivity contribution >= 4 is 30.9 Å². The molecular weight excluding hydrogens is 723 g/mol. The number of allylic oxidation sites excluding steroid dienone is 4. The molecule has 0 saturated heterocycles. The van der Waals surface area contributed by atoms with E-state index in [1.54, 1.807) is 27.8 Å². The first-order valence-electron chi connectivity index (χ1n) is 18.0. The molecule has 3 aromatic carbocycles. The molecule has 250 valence electrons. The van der Waals surface area contributed by atoms with Gasteiger partial charge in [-0.1, -0.05) is 0 Å². The quantitative estimate of drug-likeness (QED) is 0.218. The largest absolute Gasteiger partial charge is 1.00 e. The van der Waals surface area contributed by atoms with Crippen molar-refractivity contribution in [2.24, 2.45) is 11.8 Å². The fourth-order valence-electron chi connectivity index (χ4n) is 10.6. The van der Waals surface area contributed by atoms with Gasteiger partial charge in [0.05, 0.1) is 0 Å². The summed E-state index contributed by atoms with van der Waals surface area (Å²) < 4.78 is 4.13. The zero-order valence-corrected chi connectivity index (χ0v) is 34.8. The minimum Gasteiger partial charge on any atom is -1.00 e. The number of thiophene rings is 1. The van der Waals surface area contributed by atoms with Gasteiger partial charge in [0.2, 0.25) is 0 Å². The predicted octanol–water partition coefficient (Wildman–Crippen LogP) is 6.70. The molecule has 5 unspecified atom stereocenters. The van der Waals surface area contributed by atoms with E-state index in [0.717, 1.165) is 0 Å². The molecule has 48 heavy (non-hydrogen) atoms. The Morgan fingerprint density at radius 2 is 1.54 bits per heavy atom. The molecule has 1 aromatic heterocycles. The molecule has 4 aliphatic carbocycles. The molecule has 0 N–H and O–H groups in total. The third kappa shape index (κ3) is 5.08. The summed E-state index contributed by atoms with van der Waals surface area (Å²) in [5.41, 5.74) is 17.5. The van der Waals surface area contributed by atoms with Gasteiger partial charge in [-0.2, -0.15) is 0 Å². The van der Waals surface area contributed by atoms with Crippen molar-refractivity contribution in [3.05, 3.63) is 107 Å². The topological polar surface area (TPSA) is 0 Å². The van der Waals surface area contributed by atoms with E-state index in [-0.39, 0.29) is 27.9 Å². The first-order valence-corrected chi connectivity index (χ1v) is 22.6. The first kappa shape index (κ1) is 36.2. The van der Waals surface area contributed by atoms with Crippen LogP contribution in [-0.2, 0) is 24.4 Å². The summed E-state index contributed by atoms with van der Waals surface area (Å²) in [6.45, 7) is 20.4. The number of hydrogen-bond donors (Lipinski definition) is 0. The Morgan fingerprint density at radius 3 is 2.23 bits per heavy atom. The van der Waals surface area contributed by atoms with Crippen LogP contribution in [0.2, 0.25) is 0 Å². The first-order chi connectivity index (χ1) is 22.2. The zero-order chi connectivity index (χ0) is 32.1. The van der Waals surface area contributed by atoms with Gasteiger partial charge in [0.15, 0.2) is 0 Å². The second kappa shape index (κ2) is 13.5. The van der Waals surface area contributed by atoms with Gasteiger partial charge in [-0.25, -0.2) is 0 Å². The van der Waals surface area contributed by atoms with Crippen molar-refractivity contribution in [1.29, 1.82) is 0 Å². The Labute approximate surface area is 313 Å². The molecule has 0 spiro atoms. The van der Waals surface area contributed by atoms with Crippen molar-refractivity contribution < 1.29 is 46.1 Å². The summed E-state index contributed by atoms with van der Waals surface area (Å²) in [5, 5.41) is 7.74. The molecule has 8 rings (SSSR count). The van der Waals surface area contributed by atoms with Gasteiger partial charge in [-0.3, -0.25) is 0 Å². The van der Waals surface area contributed by atoms with Gasteiger partial charge in [-0.15, -0.1) is 0 Å². The van der Waals surface area contributed by atoms with Crippen molar-refractivity contribution in [2.45, 2.75) is 109 Å². The van der Waals surface area contributed by atoms with Crippen LogP contribution in [0.25, 0.3) is 27.5 Å². The maximum atomic E-state index is 2.83. The molecule has 4 aliphatic rings. The number of benzene rings is 3. The van der Waals surface area contributed by atoms with Gasteiger partial charge in [0, 0.05) is 0 Å². The second-order valence-corrected chi connectivity index (χ2v) is 23.8. The van der Waals surface area contributed by atoms with Crippen LogP contribution in [-0.4, -0.2) is 3.21 Å². The summed E-state index contributed by atoms with van der Waals surface area (Å²) in [6.07, 6.45) is 13.2. The Hall–Kier alpha value is -1.57. The predicted molar refractivity (Wildman–Crippen MR) is 198 cm³/mol. The number of fused-ring (bicyclic) bond motifs is 8. The van der Waals surface area contributed by atoms with Crippen molar-refractivity contribution in [1.82, 2.24) is 0 Å². The van der Waals surface area contributed by atoms with Gasteiger partial charge < -0.3 is 24.8 Å². The Balaban J connectivity index is 0.00000201. The minimum atomic E-state index is -2.54. The summed E-state index contributed by atoms with van der Waals surface area (Å²) in [5.74, 6) is 2.24. The fraction of sp³-hybridized carbons (Fsp3) is 0.432. The molecule has 0 bridgehead atoms. The van der Waals surface area contributed by atoms with Gasteiger partial charge in [0.1, 0.15) is 0 Å². The van der Waals surface area contributed by atoms with Crippen molar-refractivity contribution in [3.8, 4) is 11.1 Å². The normalized spacial score (nSPS) is 25.6. The Bertz CT molecular complexity index is 2000. The van der Waals surface area contributed by atoms with E-state index in [0.29, 0.717) is 23.7 Å². The van der Waals surface area contributed by atoms with Crippen LogP contribution < -0.4 is 24.8 Å². The standard InChI is InChI=1S/C29H33.C9H7S.C6H10.2ClH.Zr/c1-14-13-24-25(18(5)15(14)2)21(8)28-27-20(7)17(4)16(3)19(6)26(27)22-11-9-10-12-23(22)29(24)28;1-2-4-8(3-1)9-5-6-10-7-9;1-2-4-6-5-3-1;;;/h9-13,16-17,19,21H,1-8H3;1,3,5-7H,2H2;1-5H2;2*1H;/q;;;;;+2/p-2. The number of halogens is 2. The van der Waals surface area contributed by atoms with E-state index in [1.807, 2.05) is 23.4 Å². The molecule has 0 radical (unpaired) electrons.